The van der Waals surface area contributed by atoms with Crippen LogP contribution in [0.3, 0.4) is 0 Å². The fourth-order valence-electron chi connectivity index (χ4n) is 2.77. The van der Waals surface area contributed by atoms with E-state index < -0.39 is 0 Å². The summed E-state index contributed by atoms with van der Waals surface area (Å²) in [6.07, 6.45) is 0. The van der Waals surface area contributed by atoms with Crippen LogP contribution in [-0.2, 0) is 0 Å². The maximum absolute atomic E-state index is 12.7. The molecule has 3 aromatic carbocycles. The van der Waals surface area contributed by atoms with Gasteiger partial charge >= 0.3 is 0 Å². The Hall–Kier alpha value is -3.12. The van der Waals surface area contributed by atoms with Crippen LogP contribution >= 0.6 is 15.9 Å². The predicted octanol–water partition coefficient (Wildman–Crippen LogP) is 5.52. The molecular weight excluding hydrogens is 408 g/mol. The molecule has 0 aliphatic heterocycles. The molecule has 0 spiro atoms. The lowest BCUT2D eigenvalue weighted by Crippen LogP contribution is -2.13. The van der Waals surface area contributed by atoms with Gasteiger partial charge < -0.3 is 14.5 Å². The largest absolute Gasteiger partial charge is 0.496 e. The lowest BCUT2D eigenvalue weighted by atomic mass is 10.2. The number of nitrogens with zero attached hydrogens (tertiary/aromatic N) is 1. The molecule has 4 rings (SSSR count). The van der Waals surface area contributed by atoms with Crippen LogP contribution in [0.4, 0.5) is 5.69 Å². The predicted molar refractivity (Wildman–Crippen MR) is 108 cm³/mol. The number of fused-ring (bicyclic) bond motifs is 1. The Morgan fingerprint density at radius 3 is 2.67 bits per heavy atom. The maximum atomic E-state index is 12.7. The third kappa shape index (κ3) is 3.57. The molecule has 6 heteroatoms. The normalized spacial score (nSPS) is 10.7. The van der Waals surface area contributed by atoms with Gasteiger partial charge in [-0.25, -0.2) is 4.98 Å². The van der Waals surface area contributed by atoms with Crippen LogP contribution in [0.5, 0.6) is 5.75 Å². The van der Waals surface area contributed by atoms with E-state index in [1.165, 1.54) is 7.11 Å². The first kappa shape index (κ1) is 17.3. The molecule has 0 atom stereocenters. The van der Waals surface area contributed by atoms with Crippen molar-refractivity contribution >= 4 is 38.6 Å². The van der Waals surface area contributed by atoms with Gasteiger partial charge in [0, 0.05) is 15.7 Å². The molecule has 0 fully saturated rings. The van der Waals surface area contributed by atoms with Gasteiger partial charge in [0.2, 0.25) is 5.89 Å². The lowest BCUT2D eigenvalue weighted by molar-refractivity contribution is 0.102. The van der Waals surface area contributed by atoms with Crippen molar-refractivity contribution in [3.05, 3.63) is 76.8 Å². The number of aromatic nitrogens is 1. The molecule has 134 valence electrons. The summed E-state index contributed by atoms with van der Waals surface area (Å²) in [4.78, 5) is 17.2. The summed E-state index contributed by atoms with van der Waals surface area (Å²) >= 11 is 3.38. The molecule has 1 heterocycles. The molecule has 0 saturated heterocycles. The quantitative estimate of drug-likeness (QED) is 0.470. The van der Waals surface area contributed by atoms with Crippen molar-refractivity contribution in [1.82, 2.24) is 4.98 Å². The van der Waals surface area contributed by atoms with Gasteiger partial charge in [-0.3, -0.25) is 4.79 Å². The van der Waals surface area contributed by atoms with Gasteiger partial charge in [0.25, 0.3) is 5.91 Å². The molecule has 27 heavy (non-hydrogen) atoms. The lowest BCUT2D eigenvalue weighted by Gasteiger charge is -2.09. The van der Waals surface area contributed by atoms with Gasteiger partial charge in [0.1, 0.15) is 11.3 Å². The number of anilines is 1. The number of oxazole rings is 1. The number of carbonyl (C=O) groups excluding carboxylic acids is 1. The first-order valence-corrected chi connectivity index (χ1v) is 9.04. The average molecular weight is 423 g/mol. The SMILES string of the molecule is COc1ccc(Br)cc1C(=O)Nc1ccc2oc(-c3ccccc3)nc2c1. The highest BCUT2D eigenvalue weighted by Gasteiger charge is 2.14. The summed E-state index contributed by atoms with van der Waals surface area (Å²) in [5, 5.41) is 2.88. The molecule has 4 aromatic rings. The molecule has 1 amide bonds. The van der Waals surface area contributed by atoms with Gasteiger partial charge in [-0.15, -0.1) is 0 Å². The summed E-state index contributed by atoms with van der Waals surface area (Å²) in [6.45, 7) is 0. The van der Waals surface area contributed by atoms with E-state index in [-0.39, 0.29) is 5.91 Å². The fraction of sp³-hybridized carbons (Fsp3) is 0.0476. The van der Waals surface area contributed by atoms with Gasteiger partial charge in [0.05, 0.1) is 12.7 Å². The summed E-state index contributed by atoms with van der Waals surface area (Å²) < 4.78 is 11.9. The number of carbonyl (C=O) groups is 1. The van der Waals surface area contributed by atoms with Crippen LogP contribution in [0.15, 0.2) is 75.6 Å². The van der Waals surface area contributed by atoms with Gasteiger partial charge in [-0.2, -0.15) is 0 Å². The zero-order valence-corrected chi connectivity index (χ0v) is 16.0. The van der Waals surface area contributed by atoms with E-state index in [9.17, 15) is 4.79 Å². The molecule has 0 saturated carbocycles. The van der Waals surface area contributed by atoms with Crippen LogP contribution < -0.4 is 10.1 Å². The number of hydrogen-bond donors (Lipinski definition) is 1. The number of nitrogens with one attached hydrogen (secondary N) is 1. The topological polar surface area (TPSA) is 64.4 Å². The van der Waals surface area contributed by atoms with E-state index >= 15 is 0 Å². The number of benzene rings is 3. The first-order valence-electron chi connectivity index (χ1n) is 8.25. The second-order valence-corrected chi connectivity index (χ2v) is 6.78. The van der Waals surface area contributed by atoms with Crippen molar-refractivity contribution in [2.75, 3.05) is 12.4 Å². The number of amides is 1. The van der Waals surface area contributed by atoms with Crippen molar-refractivity contribution in [2.45, 2.75) is 0 Å². The van der Waals surface area contributed by atoms with Gasteiger partial charge in [0.15, 0.2) is 5.58 Å². The summed E-state index contributed by atoms with van der Waals surface area (Å²) in [5.41, 5.74) is 3.30. The highest BCUT2D eigenvalue weighted by Crippen LogP contribution is 2.27. The smallest absolute Gasteiger partial charge is 0.259 e. The number of rotatable bonds is 4. The summed E-state index contributed by atoms with van der Waals surface area (Å²) in [6, 6.07) is 20.3. The van der Waals surface area contributed by atoms with E-state index in [0.29, 0.717) is 34.0 Å². The molecule has 0 radical (unpaired) electrons. The number of hydrogen-bond acceptors (Lipinski definition) is 4. The first-order chi connectivity index (χ1) is 13.1. The molecule has 0 bridgehead atoms. The van der Waals surface area contributed by atoms with E-state index in [1.54, 1.807) is 30.3 Å². The van der Waals surface area contributed by atoms with Gasteiger partial charge in [-0.05, 0) is 48.5 Å². The molecule has 5 nitrogen and oxygen atoms in total. The Morgan fingerprint density at radius 2 is 1.89 bits per heavy atom. The van der Waals surface area contributed by atoms with E-state index in [2.05, 4.69) is 26.2 Å². The molecular formula is C21H15BrN2O3. The minimum atomic E-state index is -0.265. The Balaban J connectivity index is 1.63. The minimum absolute atomic E-state index is 0.265. The van der Waals surface area contributed by atoms with Crippen molar-refractivity contribution in [2.24, 2.45) is 0 Å². The Bertz CT molecular complexity index is 1120. The molecule has 1 aromatic heterocycles. The zero-order valence-electron chi connectivity index (χ0n) is 14.4. The van der Waals surface area contributed by atoms with Crippen LogP contribution in [0.2, 0.25) is 0 Å². The van der Waals surface area contributed by atoms with E-state index in [0.717, 1.165) is 10.0 Å². The van der Waals surface area contributed by atoms with Crippen LogP contribution in [0.1, 0.15) is 10.4 Å². The third-order valence-electron chi connectivity index (χ3n) is 4.07. The van der Waals surface area contributed by atoms with Crippen LogP contribution in [0.25, 0.3) is 22.6 Å². The highest BCUT2D eigenvalue weighted by molar-refractivity contribution is 9.10. The second kappa shape index (κ2) is 7.25. The van der Waals surface area contributed by atoms with Crippen molar-refractivity contribution < 1.29 is 13.9 Å². The van der Waals surface area contributed by atoms with Gasteiger partial charge in [-0.1, -0.05) is 34.1 Å². The zero-order chi connectivity index (χ0) is 18.8. The summed E-state index contributed by atoms with van der Waals surface area (Å²) in [5.74, 6) is 0.784. The van der Waals surface area contributed by atoms with Crippen molar-refractivity contribution in [3.63, 3.8) is 0 Å². The Kier molecular flexibility index (Phi) is 4.64. The fourth-order valence-corrected chi connectivity index (χ4v) is 3.13. The molecule has 1 N–H and O–H groups in total. The average Bonchev–Trinajstić information content (AvgIpc) is 3.12. The minimum Gasteiger partial charge on any atom is -0.496 e. The molecule has 0 aliphatic carbocycles. The van der Waals surface area contributed by atoms with Crippen LogP contribution in [-0.4, -0.2) is 18.0 Å². The highest BCUT2D eigenvalue weighted by atomic mass is 79.9. The maximum Gasteiger partial charge on any atom is 0.259 e. The molecule has 0 aliphatic rings. The van der Waals surface area contributed by atoms with Crippen molar-refractivity contribution in [1.29, 1.82) is 0 Å². The van der Waals surface area contributed by atoms with Crippen molar-refractivity contribution in [3.8, 4) is 17.2 Å². The monoisotopic (exact) mass is 422 g/mol. The third-order valence-corrected chi connectivity index (χ3v) is 4.57. The summed E-state index contributed by atoms with van der Waals surface area (Å²) in [7, 11) is 1.53. The number of halogens is 1. The Morgan fingerprint density at radius 1 is 1.07 bits per heavy atom. The van der Waals surface area contributed by atoms with E-state index in [1.807, 2.05) is 36.4 Å². The Labute approximate surface area is 164 Å². The second-order valence-electron chi connectivity index (χ2n) is 5.87. The number of methoxy groups -OCH3 is 1. The molecule has 0 unspecified atom stereocenters. The standard InChI is InChI=1S/C21H15BrN2O3/c1-26-18-9-7-14(22)11-16(18)20(25)23-15-8-10-19-17(12-15)24-21(27-19)13-5-3-2-4-6-13/h2-12H,1H3,(H,23,25). The van der Waals surface area contributed by atoms with Crippen LogP contribution in [0, 0.1) is 0 Å². The number of ether oxygens (including phenoxy) is 1. The van der Waals surface area contributed by atoms with E-state index in [4.69, 9.17) is 9.15 Å².